The lowest BCUT2D eigenvalue weighted by atomic mass is 10.1. The molecule has 1 aromatic heterocycles. The van der Waals surface area contributed by atoms with Gasteiger partial charge >= 0.3 is 0 Å². The lowest BCUT2D eigenvalue weighted by Crippen LogP contribution is -2.66. The van der Waals surface area contributed by atoms with Crippen molar-refractivity contribution in [1.82, 2.24) is 24.7 Å². The van der Waals surface area contributed by atoms with Crippen molar-refractivity contribution in [1.29, 1.82) is 0 Å². The van der Waals surface area contributed by atoms with Crippen molar-refractivity contribution >= 4 is 28.8 Å². The van der Waals surface area contributed by atoms with Gasteiger partial charge in [0, 0.05) is 32.5 Å². The van der Waals surface area contributed by atoms with Gasteiger partial charge in [0.05, 0.1) is 24.2 Å². The maximum Gasteiger partial charge on any atom is 0.256 e. The Balaban J connectivity index is 1.63. The van der Waals surface area contributed by atoms with Crippen molar-refractivity contribution in [3.63, 3.8) is 0 Å². The van der Waals surface area contributed by atoms with E-state index >= 15 is 0 Å². The van der Waals surface area contributed by atoms with Crippen LogP contribution in [0.25, 0.3) is 11.0 Å². The Morgan fingerprint density at radius 2 is 1.96 bits per heavy atom. The van der Waals surface area contributed by atoms with Crippen LogP contribution < -0.4 is 0 Å². The van der Waals surface area contributed by atoms with Crippen molar-refractivity contribution in [2.45, 2.75) is 6.04 Å². The fourth-order valence-electron chi connectivity index (χ4n) is 3.44. The highest BCUT2D eigenvalue weighted by Crippen LogP contribution is 2.21. The molecule has 8 nitrogen and oxygen atoms in total. The molecule has 3 amide bonds. The number of piperazine rings is 2. The average Bonchev–Trinajstić information content (AvgIpc) is 2.65. The summed E-state index contributed by atoms with van der Waals surface area (Å²) in [6.45, 7) is 1.06. The predicted octanol–water partition coefficient (Wildman–Crippen LogP) is -0.245. The molecule has 2 aromatic rings. The molecule has 2 saturated heterocycles. The molecular formula is C17H17N5O3. The number of hydrogen-bond acceptors (Lipinski definition) is 5. The fraction of sp³-hybridized carbons (Fsp3) is 0.353. The Morgan fingerprint density at radius 1 is 1.16 bits per heavy atom. The summed E-state index contributed by atoms with van der Waals surface area (Å²) in [6, 6.07) is 4.68. The van der Waals surface area contributed by atoms with E-state index in [0.717, 1.165) is 0 Å². The van der Waals surface area contributed by atoms with Gasteiger partial charge in [-0.25, -0.2) is 0 Å². The third kappa shape index (κ3) is 2.50. The van der Waals surface area contributed by atoms with Crippen LogP contribution in [0.15, 0.2) is 30.6 Å². The van der Waals surface area contributed by atoms with Crippen molar-refractivity contribution in [3.05, 3.63) is 36.2 Å². The van der Waals surface area contributed by atoms with Crippen LogP contribution in [0.4, 0.5) is 0 Å². The molecule has 2 aliphatic heterocycles. The van der Waals surface area contributed by atoms with Crippen LogP contribution in [0, 0.1) is 0 Å². The summed E-state index contributed by atoms with van der Waals surface area (Å²) in [4.78, 5) is 50.6. The molecule has 3 heterocycles. The minimum atomic E-state index is -0.606. The number of carbonyl (C=O) groups is 3. The summed E-state index contributed by atoms with van der Waals surface area (Å²) in [7, 11) is 1.61. The third-order valence-electron chi connectivity index (χ3n) is 4.75. The fourth-order valence-corrected chi connectivity index (χ4v) is 3.44. The smallest absolute Gasteiger partial charge is 0.256 e. The summed E-state index contributed by atoms with van der Waals surface area (Å²) >= 11 is 0. The molecule has 1 atom stereocenters. The summed E-state index contributed by atoms with van der Waals surface area (Å²) in [5, 5.41) is 0. The van der Waals surface area contributed by atoms with E-state index in [1.54, 1.807) is 47.4 Å². The molecule has 2 fully saturated rings. The number of nitrogens with zero attached hydrogens (tertiary/aromatic N) is 5. The first-order valence-electron chi connectivity index (χ1n) is 8.09. The van der Waals surface area contributed by atoms with Crippen molar-refractivity contribution in [3.8, 4) is 0 Å². The zero-order valence-electron chi connectivity index (χ0n) is 13.8. The summed E-state index contributed by atoms with van der Waals surface area (Å²) in [5.41, 5.74) is 1.65. The molecule has 0 N–H and O–H groups in total. The number of carbonyl (C=O) groups excluding carboxylic acids is 3. The zero-order valence-corrected chi connectivity index (χ0v) is 13.8. The molecule has 1 aromatic carbocycles. The molecule has 4 rings (SSSR count). The minimum absolute atomic E-state index is 0.0739. The third-order valence-corrected chi connectivity index (χ3v) is 4.75. The Kier molecular flexibility index (Phi) is 3.60. The lowest BCUT2D eigenvalue weighted by Gasteiger charge is -2.45. The topological polar surface area (TPSA) is 86.7 Å². The number of hydrogen-bond donors (Lipinski definition) is 0. The van der Waals surface area contributed by atoms with Crippen LogP contribution in [0.5, 0.6) is 0 Å². The number of amides is 3. The Labute approximate surface area is 144 Å². The number of fused-ring (bicyclic) bond motifs is 2. The Hall–Kier alpha value is -3.03. The van der Waals surface area contributed by atoms with Gasteiger partial charge in [-0.05, 0) is 12.1 Å². The molecule has 0 saturated carbocycles. The maximum atomic E-state index is 13.0. The van der Waals surface area contributed by atoms with E-state index < -0.39 is 6.04 Å². The first kappa shape index (κ1) is 15.5. The molecule has 128 valence electrons. The van der Waals surface area contributed by atoms with Crippen molar-refractivity contribution in [2.24, 2.45) is 0 Å². The molecule has 0 aliphatic carbocycles. The van der Waals surface area contributed by atoms with Gasteiger partial charge in [-0.15, -0.1) is 0 Å². The number of rotatable bonds is 1. The monoisotopic (exact) mass is 339 g/mol. The van der Waals surface area contributed by atoms with Gasteiger partial charge in [0.2, 0.25) is 11.8 Å². The summed E-state index contributed by atoms with van der Waals surface area (Å²) in [6.07, 6.45) is 3.13. The van der Waals surface area contributed by atoms with Crippen LogP contribution in [0.1, 0.15) is 10.4 Å². The van der Waals surface area contributed by atoms with E-state index in [1.165, 1.54) is 4.90 Å². The van der Waals surface area contributed by atoms with Crippen LogP contribution >= 0.6 is 0 Å². The zero-order chi connectivity index (χ0) is 17.6. The molecular weight excluding hydrogens is 322 g/mol. The first-order chi connectivity index (χ1) is 12.1. The van der Waals surface area contributed by atoms with E-state index in [1.807, 2.05) is 0 Å². The van der Waals surface area contributed by atoms with Gasteiger partial charge in [-0.3, -0.25) is 24.4 Å². The SMILES string of the molecule is CN1CC(=O)N2CCN(C(=O)c3cccc4nccnc34)C[C@H]2C1=O. The van der Waals surface area contributed by atoms with Crippen LogP contribution in [0.3, 0.4) is 0 Å². The molecule has 0 unspecified atom stereocenters. The number of benzene rings is 1. The van der Waals surface area contributed by atoms with Crippen molar-refractivity contribution < 1.29 is 14.4 Å². The standard InChI is InChI=1S/C17H17N5O3/c1-20-10-14(23)22-8-7-21(9-13(22)17(20)25)16(24)11-3-2-4-12-15(11)19-6-5-18-12/h2-6,13H,7-10H2,1H3/t13-/m0/s1. The van der Waals surface area contributed by atoms with Gasteiger partial charge in [0.15, 0.2) is 0 Å². The first-order valence-corrected chi connectivity index (χ1v) is 8.09. The molecule has 0 spiro atoms. The van der Waals surface area contributed by atoms with Gasteiger partial charge in [-0.2, -0.15) is 0 Å². The Bertz CT molecular complexity index is 878. The molecule has 2 aliphatic rings. The van der Waals surface area contributed by atoms with Gasteiger partial charge in [-0.1, -0.05) is 6.07 Å². The molecule has 25 heavy (non-hydrogen) atoms. The maximum absolute atomic E-state index is 13.0. The number of para-hydroxylation sites is 1. The summed E-state index contributed by atoms with van der Waals surface area (Å²) in [5.74, 6) is -0.399. The van der Waals surface area contributed by atoms with Crippen LogP contribution in [0.2, 0.25) is 0 Å². The predicted molar refractivity (Wildman–Crippen MR) is 88.6 cm³/mol. The average molecular weight is 339 g/mol. The van der Waals surface area contributed by atoms with Gasteiger partial charge in [0.25, 0.3) is 5.91 Å². The summed E-state index contributed by atoms with van der Waals surface area (Å²) < 4.78 is 0. The second-order valence-corrected chi connectivity index (χ2v) is 6.28. The van der Waals surface area contributed by atoms with E-state index in [2.05, 4.69) is 9.97 Å². The minimum Gasteiger partial charge on any atom is -0.335 e. The molecule has 0 radical (unpaired) electrons. The van der Waals surface area contributed by atoms with Gasteiger partial charge in [0.1, 0.15) is 11.6 Å². The number of likely N-dealkylation sites (N-methyl/N-ethyl adjacent to an activating group) is 1. The highest BCUT2D eigenvalue weighted by atomic mass is 16.2. The highest BCUT2D eigenvalue weighted by molar-refractivity contribution is 6.05. The van der Waals surface area contributed by atoms with E-state index in [9.17, 15) is 14.4 Å². The largest absolute Gasteiger partial charge is 0.335 e. The van der Waals surface area contributed by atoms with Crippen LogP contribution in [-0.4, -0.2) is 81.7 Å². The second kappa shape index (κ2) is 5.80. The number of aromatic nitrogens is 2. The lowest BCUT2D eigenvalue weighted by molar-refractivity contribution is -0.157. The van der Waals surface area contributed by atoms with E-state index in [-0.39, 0.29) is 30.8 Å². The molecule has 0 bridgehead atoms. The second-order valence-electron chi connectivity index (χ2n) is 6.28. The molecule has 8 heteroatoms. The quantitative estimate of drug-likeness (QED) is 0.715. The van der Waals surface area contributed by atoms with Gasteiger partial charge < -0.3 is 14.7 Å². The highest BCUT2D eigenvalue weighted by Gasteiger charge is 2.42. The normalized spacial score (nSPS) is 20.8. The van der Waals surface area contributed by atoms with Crippen LogP contribution in [-0.2, 0) is 9.59 Å². The van der Waals surface area contributed by atoms with E-state index in [0.29, 0.717) is 29.7 Å². The van der Waals surface area contributed by atoms with E-state index in [4.69, 9.17) is 0 Å². The Morgan fingerprint density at radius 3 is 2.80 bits per heavy atom. The van der Waals surface area contributed by atoms with Crippen molar-refractivity contribution in [2.75, 3.05) is 33.2 Å².